The van der Waals surface area contributed by atoms with Gasteiger partial charge in [0.2, 0.25) is 0 Å². The van der Waals surface area contributed by atoms with Gasteiger partial charge in [-0.25, -0.2) is 0 Å². The average molecular weight is 257 g/mol. The smallest absolute Gasteiger partial charge is 0.0659 e. The zero-order valence-electron chi connectivity index (χ0n) is 12.3. The minimum Gasteiger partial charge on any atom is -0.310 e. The molecular formula is C16H23N3. The Balaban J connectivity index is 2.01. The molecule has 1 aromatic heterocycles. The number of hydrogen-bond donors (Lipinski definition) is 1. The van der Waals surface area contributed by atoms with Crippen LogP contribution in [0.15, 0.2) is 30.6 Å². The lowest BCUT2D eigenvalue weighted by Gasteiger charge is -2.06. The Morgan fingerprint density at radius 3 is 2.63 bits per heavy atom. The lowest BCUT2D eigenvalue weighted by Crippen LogP contribution is -2.21. The molecule has 1 N–H and O–H groups in total. The molecule has 0 aliphatic carbocycles. The van der Waals surface area contributed by atoms with E-state index in [0.29, 0.717) is 6.04 Å². The summed E-state index contributed by atoms with van der Waals surface area (Å²) in [6, 6.07) is 7.09. The molecule has 0 fully saturated rings. The zero-order valence-corrected chi connectivity index (χ0v) is 12.3. The molecule has 0 radical (unpaired) electrons. The highest BCUT2D eigenvalue weighted by atomic mass is 15.3. The van der Waals surface area contributed by atoms with Gasteiger partial charge in [0.15, 0.2) is 0 Å². The van der Waals surface area contributed by atoms with Crippen molar-refractivity contribution in [3.8, 4) is 0 Å². The van der Waals surface area contributed by atoms with Crippen molar-refractivity contribution in [2.75, 3.05) is 0 Å². The fourth-order valence-electron chi connectivity index (χ4n) is 2.00. The van der Waals surface area contributed by atoms with Gasteiger partial charge in [0, 0.05) is 24.3 Å². The summed E-state index contributed by atoms with van der Waals surface area (Å²) in [5, 5.41) is 7.82. The van der Waals surface area contributed by atoms with E-state index in [-0.39, 0.29) is 0 Å². The van der Waals surface area contributed by atoms with Crippen molar-refractivity contribution in [3.63, 3.8) is 0 Å². The molecule has 3 heteroatoms. The Morgan fingerprint density at radius 2 is 1.95 bits per heavy atom. The lowest BCUT2D eigenvalue weighted by molar-refractivity contribution is 0.588. The molecule has 0 saturated carbocycles. The van der Waals surface area contributed by atoms with Crippen LogP contribution in [-0.2, 0) is 13.1 Å². The van der Waals surface area contributed by atoms with Crippen LogP contribution in [0.4, 0.5) is 0 Å². The fourth-order valence-corrected chi connectivity index (χ4v) is 2.00. The number of rotatable bonds is 5. The number of aromatic nitrogens is 2. The van der Waals surface area contributed by atoms with Crippen molar-refractivity contribution in [2.24, 2.45) is 0 Å². The second kappa shape index (κ2) is 6.02. The molecule has 2 aromatic rings. The standard InChI is InChI=1S/C16H23N3/c1-12(2)17-8-16-9-18-19(11-16)10-15-6-5-13(3)14(4)7-15/h5-7,9,11-12,17H,8,10H2,1-4H3. The number of hydrogen-bond acceptors (Lipinski definition) is 2. The van der Waals surface area contributed by atoms with Crippen LogP contribution in [0.1, 0.15) is 36.1 Å². The summed E-state index contributed by atoms with van der Waals surface area (Å²) >= 11 is 0. The number of nitrogens with one attached hydrogen (secondary N) is 1. The molecule has 0 saturated heterocycles. The van der Waals surface area contributed by atoms with Gasteiger partial charge in [0.1, 0.15) is 0 Å². The molecule has 0 spiro atoms. The third kappa shape index (κ3) is 3.93. The zero-order chi connectivity index (χ0) is 13.8. The van der Waals surface area contributed by atoms with Gasteiger partial charge in [-0.1, -0.05) is 32.0 Å². The molecule has 1 heterocycles. The van der Waals surface area contributed by atoms with Gasteiger partial charge in [-0.3, -0.25) is 4.68 Å². The van der Waals surface area contributed by atoms with Crippen molar-refractivity contribution in [3.05, 3.63) is 52.8 Å². The molecule has 0 bridgehead atoms. The van der Waals surface area contributed by atoms with E-state index in [1.54, 1.807) is 0 Å². The van der Waals surface area contributed by atoms with E-state index in [0.717, 1.165) is 13.1 Å². The Labute approximate surface area is 115 Å². The summed E-state index contributed by atoms with van der Waals surface area (Å²) in [6.45, 7) is 10.3. The molecule has 0 atom stereocenters. The van der Waals surface area contributed by atoms with E-state index in [1.165, 1.54) is 22.3 Å². The third-order valence-electron chi connectivity index (χ3n) is 3.32. The maximum atomic E-state index is 4.42. The molecule has 3 nitrogen and oxygen atoms in total. The Hall–Kier alpha value is -1.61. The quantitative estimate of drug-likeness (QED) is 0.892. The molecule has 102 valence electrons. The highest BCUT2D eigenvalue weighted by Gasteiger charge is 2.02. The largest absolute Gasteiger partial charge is 0.310 e. The van der Waals surface area contributed by atoms with Gasteiger partial charge < -0.3 is 5.32 Å². The SMILES string of the molecule is Cc1ccc(Cn2cc(CNC(C)C)cn2)cc1C. The summed E-state index contributed by atoms with van der Waals surface area (Å²) in [5.74, 6) is 0. The monoisotopic (exact) mass is 257 g/mol. The van der Waals surface area contributed by atoms with Crippen LogP contribution in [0.25, 0.3) is 0 Å². The first-order valence-corrected chi connectivity index (χ1v) is 6.85. The first kappa shape index (κ1) is 13.8. The van der Waals surface area contributed by atoms with Crippen LogP contribution in [0.2, 0.25) is 0 Å². The summed E-state index contributed by atoms with van der Waals surface area (Å²) in [4.78, 5) is 0. The minimum absolute atomic E-state index is 0.503. The Bertz CT molecular complexity index is 541. The Morgan fingerprint density at radius 1 is 1.16 bits per heavy atom. The predicted octanol–water partition coefficient (Wildman–Crippen LogP) is 3.05. The van der Waals surface area contributed by atoms with Gasteiger partial charge >= 0.3 is 0 Å². The van der Waals surface area contributed by atoms with E-state index >= 15 is 0 Å². The molecule has 0 unspecified atom stereocenters. The summed E-state index contributed by atoms with van der Waals surface area (Å²) < 4.78 is 2.00. The van der Waals surface area contributed by atoms with Crippen LogP contribution in [-0.4, -0.2) is 15.8 Å². The third-order valence-corrected chi connectivity index (χ3v) is 3.32. The maximum absolute atomic E-state index is 4.42. The normalized spacial score (nSPS) is 11.2. The second-order valence-electron chi connectivity index (χ2n) is 5.50. The van der Waals surface area contributed by atoms with Gasteiger partial charge in [-0.15, -0.1) is 0 Å². The number of nitrogens with zero attached hydrogens (tertiary/aromatic N) is 2. The van der Waals surface area contributed by atoms with Crippen LogP contribution in [0.3, 0.4) is 0 Å². The fraction of sp³-hybridized carbons (Fsp3) is 0.438. The molecular weight excluding hydrogens is 234 g/mol. The van der Waals surface area contributed by atoms with Crippen LogP contribution < -0.4 is 5.32 Å². The topological polar surface area (TPSA) is 29.9 Å². The predicted molar refractivity (Wildman–Crippen MR) is 79.2 cm³/mol. The summed E-state index contributed by atoms with van der Waals surface area (Å²) in [7, 11) is 0. The Kier molecular flexibility index (Phi) is 4.38. The molecule has 0 aliphatic rings. The number of benzene rings is 1. The van der Waals surface area contributed by atoms with Gasteiger partial charge in [0.25, 0.3) is 0 Å². The van der Waals surface area contributed by atoms with Crippen molar-refractivity contribution in [1.29, 1.82) is 0 Å². The van der Waals surface area contributed by atoms with E-state index < -0.39 is 0 Å². The first-order valence-electron chi connectivity index (χ1n) is 6.85. The van der Waals surface area contributed by atoms with Crippen molar-refractivity contribution in [2.45, 2.75) is 46.8 Å². The van der Waals surface area contributed by atoms with Gasteiger partial charge in [-0.2, -0.15) is 5.10 Å². The van der Waals surface area contributed by atoms with E-state index in [9.17, 15) is 0 Å². The maximum Gasteiger partial charge on any atom is 0.0659 e. The second-order valence-corrected chi connectivity index (χ2v) is 5.50. The highest BCUT2D eigenvalue weighted by molar-refractivity contribution is 5.30. The molecule has 0 aliphatic heterocycles. The van der Waals surface area contributed by atoms with Crippen molar-refractivity contribution < 1.29 is 0 Å². The van der Waals surface area contributed by atoms with E-state index in [1.807, 2.05) is 10.9 Å². The van der Waals surface area contributed by atoms with Crippen LogP contribution in [0.5, 0.6) is 0 Å². The van der Waals surface area contributed by atoms with E-state index in [2.05, 4.69) is 62.5 Å². The van der Waals surface area contributed by atoms with Gasteiger partial charge in [0.05, 0.1) is 12.7 Å². The highest BCUT2D eigenvalue weighted by Crippen LogP contribution is 2.11. The van der Waals surface area contributed by atoms with Crippen molar-refractivity contribution >= 4 is 0 Å². The van der Waals surface area contributed by atoms with Crippen molar-refractivity contribution in [1.82, 2.24) is 15.1 Å². The molecule has 1 aromatic carbocycles. The number of aryl methyl sites for hydroxylation is 2. The van der Waals surface area contributed by atoms with Crippen LogP contribution in [0, 0.1) is 13.8 Å². The summed E-state index contributed by atoms with van der Waals surface area (Å²) in [5.41, 5.74) is 5.21. The first-order chi connectivity index (χ1) is 9.04. The van der Waals surface area contributed by atoms with E-state index in [4.69, 9.17) is 0 Å². The molecule has 19 heavy (non-hydrogen) atoms. The van der Waals surface area contributed by atoms with Crippen LogP contribution >= 0.6 is 0 Å². The van der Waals surface area contributed by atoms with Gasteiger partial charge in [-0.05, 0) is 30.5 Å². The molecule has 0 amide bonds. The lowest BCUT2D eigenvalue weighted by atomic mass is 10.1. The molecule has 2 rings (SSSR count). The minimum atomic E-state index is 0.503. The summed E-state index contributed by atoms with van der Waals surface area (Å²) in [6.07, 6.45) is 4.06. The average Bonchev–Trinajstić information content (AvgIpc) is 2.79.